The van der Waals surface area contributed by atoms with Crippen LogP contribution in [0.15, 0.2) is 23.1 Å². The highest BCUT2D eigenvalue weighted by Crippen LogP contribution is 2.18. The van der Waals surface area contributed by atoms with Crippen LogP contribution in [0.1, 0.15) is 25.8 Å². The maximum atomic E-state index is 12.1. The topological polar surface area (TPSA) is 89.3 Å². The monoisotopic (exact) mass is 318 g/mol. The molecule has 0 amide bonds. The van der Waals surface area contributed by atoms with E-state index in [0.717, 1.165) is 12.0 Å². The second kappa shape index (κ2) is 7.19. The van der Waals surface area contributed by atoms with Gasteiger partial charge in [-0.3, -0.25) is 4.21 Å². The van der Waals surface area contributed by atoms with Gasteiger partial charge >= 0.3 is 0 Å². The maximum Gasteiger partial charge on any atom is 0.240 e. The molecule has 0 aliphatic carbocycles. The fourth-order valence-corrected chi connectivity index (χ4v) is 3.24. The number of sulfonamides is 1. The lowest BCUT2D eigenvalue weighted by Gasteiger charge is -2.11. The Bertz CT molecular complexity index is 585. The van der Waals surface area contributed by atoms with Gasteiger partial charge in [0, 0.05) is 34.5 Å². The first-order chi connectivity index (χ1) is 9.27. The molecule has 2 unspecified atom stereocenters. The van der Waals surface area contributed by atoms with Crippen molar-refractivity contribution in [2.45, 2.75) is 36.8 Å². The van der Waals surface area contributed by atoms with E-state index < -0.39 is 20.8 Å². The summed E-state index contributed by atoms with van der Waals surface area (Å²) in [7, 11) is -4.50. The minimum Gasteiger partial charge on any atom is -0.398 e. The Morgan fingerprint density at radius 3 is 2.55 bits per heavy atom. The zero-order valence-corrected chi connectivity index (χ0v) is 13.7. The van der Waals surface area contributed by atoms with Gasteiger partial charge in [0.15, 0.2) is 0 Å². The van der Waals surface area contributed by atoms with E-state index in [1.165, 1.54) is 6.07 Å². The van der Waals surface area contributed by atoms with Crippen LogP contribution in [0.5, 0.6) is 0 Å². The molecule has 1 rings (SSSR count). The van der Waals surface area contributed by atoms with Crippen molar-refractivity contribution in [2.75, 3.05) is 18.5 Å². The predicted octanol–water partition coefficient (Wildman–Crippen LogP) is 1.27. The summed E-state index contributed by atoms with van der Waals surface area (Å²) in [6.45, 7) is 4.06. The van der Waals surface area contributed by atoms with Crippen LogP contribution in [0.4, 0.5) is 5.69 Å². The third-order valence-electron chi connectivity index (χ3n) is 3.22. The smallest absolute Gasteiger partial charge is 0.240 e. The van der Waals surface area contributed by atoms with E-state index in [1.54, 1.807) is 18.4 Å². The van der Waals surface area contributed by atoms with Gasteiger partial charge in [0.05, 0.1) is 4.90 Å². The van der Waals surface area contributed by atoms with E-state index in [4.69, 9.17) is 5.73 Å². The molecule has 0 aromatic heterocycles. The Kier molecular flexibility index (Phi) is 6.16. The molecule has 0 aliphatic heterocycles. The minimum absolute atomic E-state index is 0.0368. The average molecular weight is 318 g/mol. The first-order valence-electron chi connectivity index (χ1n) is 6.48. The van der Waals surface area contributed by atoms with Crippen LogP contribution in [0.3, 0.4) is 0 Å². The van der Waals surface area contributed by atoms with Crippen molar-refractivity contribution in [3.8, 4) is 0 Å². The second-order valence-corrected chi connectivity index (χ2v) is 8.28. The minimum atomic E-state index is -3.56. The van der Waals surface area contributed by atoms with Crippen LogP contribution in [-0.2, 0) is 27.2 Å². The Balaban J connectivity index is 2.74. The van der Waals surface area contributed by atoms with Crippen LogP contribution >= 0.6 is 0 Å². The van der Waals surface area contributed by atoms with E-state index >= 15 is 0 Å². The molecule has 7 heteroatoms. The number of hydrogen-bond acceptors (Lipinski definition) is 4. The lowest BCUT2D eigenvalue weighted by atomic mass is 10.1. The van der Waals surface area contributed by atoms with Crippen molar-refractivity contribution in [2.24, 2.45) is 0 Å². The van der Waals surface area contributed by atoms with Crippen LogP contribution < -0.4 is 10.5 Å². The average Bonchev–Trinajstić information content (AvgIpc) is 2.38. The fraction of sp³-hybridized carbons (Fsp3) is 0.538. The van der Waals surface area contributed by atoms with Gasteiger partial charge in [0.25, 0.3) is 0 Å². The molecule has 2 atom stereocenters. The third kappa shape index (κ3) is 4.57. The van der Waals surface area contributed by atoms with E-state index in [1.807, 2.05) is 13.8 Å². The van der Waals surface area contributed by atoms with Crippen LogP contribution in [-0.4, -0.2) is 30.7 Å². The number of nitrogen functional groups attached to an aromatic ring is 1. The summed E-state index contributed by atoms with van der Waals surface area (Å²) in [6.07, 6.45) is 2.91. The number of benzene rings is 1. The zero-order valence-electron chi connectivity index (χ0n) is 12.0. The summed E-state index contributed by atoms with van der Waals surface area (Å²) in [6, 6.07) is 4.76. The molecular weight excluding hydrogens is 296 g/mol. The lowest BCUT2D eigenvalue weighted by molar-refractivity contribution is 0.578. The SMILES string of the molecule is CCc1ccc(S(=O)(=O)NCCC(C)S(C)=O)cc1N. The van der Waals surface area contributed by atoms with Crippen LogP contribution in [0.25, 0.3) is 0 Å². The highest BCUT2D eigenvalue weighted by Gasteiger charge is 2.15. The van der Waals surface area contributed by atoms with Gasteiger partial charge in [-0.15, -0.1) is 0 Å². The van der Waals surface area contributed by atoms with Gasteiger partial charge in [-0.1, -0.05) is 19.9 Å². The molecule has 0 bridgehead atoms. The standard InChI is InChI=1S/C13H22N2O3S2/c1-4-11-5-6-12(9-13(11)14)20(17,18)15-8-7-10(2)19(3)16/h5-6,9-10,15H,4,7-8,14H2,1-3H3. The molecule has 0 fully saturated rings. The molecule has 0 radical (unpaired) electrons. The van der Waals surface area contributed by atoms with Gasteiger partial charge in [-0.05, 0) is 30.5 Å². The van der Waals surface area contributed by atoms with E-state index in [9.17, 15) is 12.6 Å². The largest absolute Gasteiger partial charge is 0.398 e. The lowest BCUT2D eigenvalue weighted by Crippen LogP contribution is -2.27. The van der Waals surface area contributed by atoms with Gasteiger partial charge in [-0.2, -0.15) is 0 Å². The van der Waals surface area contributed by atoms with Gasteiger partial charge < -0.3 is 5.73 Å². The van der Waals surface area contributed by atoms with Gasteiger partial charge in [0.1, 0.15) is 0 Å². The summed E-state index contributed by atoms with van der Waals surface area (Å²) in [5.74, 6) is 0. The number of nitrogens with two attached hydrogens (primary N) is 1. The molecule has 114 valence electrons. The highest BCUT2D eigenvalue weighted by molar-refractivity contribution is 7.89. The number of anilines is 1. The maximum absolute atomic E-state index is 12.1. The van der Waals surface area contributed by atoms with Gasteiger partial charge in [0.2, 0.25) is 10.0 Å². The van der Waals surface area contributed by atoms with Crippen LogP contribution in [0.2, 0.25) is 0 Å². The molecular formula is C13H22N2O3S2. The molecule has 0 spiro atoms. The number of aryl methyl sites for hydroxylation is 1. The highest BCUT2D eigenvalue weighted by atomic mass is 32.2. The molecule has 0 saturated carbocycles. The van der Waals surface area contributed by atoms with E-state index in [2.05, 4.69) is 4.72 Å². The summed E-state index contributed by atoms with van der Waals surface area (Å²) in [5.41, 5.74) is 7.23. The fourth-order valence-electron chi connectivity index (χ4n) is 1.71. The number of nitrogens with one attached hydrogen (secondary N) is 1. The van der Waals surface area contributed by atoms with Crippen molar-refractivity contribution in [1.29, 1.82) is 0 Å². The summed E-state index contributed by atoms with van der Waals surface area (Å²) in [5, 5.41) is -0.0368. The third-order valence-corrected chi connectivity index (χ3v) is 6.05. The Hall–Kier alpha value is -0.920. The molecule has 20 heavy (non-hydrogen) atoms. The summed E-state index contributed by atoms with van der Waals surface area (Å²) >= 11 is 0. The molecule has 0 heterocycles. The van der Waals surface area contributed by atoms with Crippen molar-refractivity contribution >= 4 is 26.5 Å². The van der Waals surface area contributed by atoms with Crippen LogP contribution in [0, 0.1) is 0 Å². The van der Waals surface area contributed by atoms with Crippen molar-refractivity contribution in [1.82, 2.24) is 4.72 Å². The Morgan fingerprint density at radius 1 is 1.40 bits per heavy atom. The Morgan fingerprint density at radius 2 is 2.05 bits per heavy atom. The van der Waals surface area contributed by atoms with E-state index in [-0.39, 0.29) is 16.7 Å². The first kappa shape index (κ1) is 17.1. The molecule has 3 N–H and O–H groups in total. The number of hydrogen-bond donors (Lipinski definition) is 2. The molecule has 1 aromatic rings. The zero-order chi connectivity index (χ0) is 15.3. The normalized spacial score (nSPS) is 14.9. The second-order valence-electron chi connectivity index (χ2n) is 4.71. The van der Waals surface area contributed by atoms with Crippen molar-refractivity contribution < 1.29 is 12.6 Å². The molecule has 1 aromatic carbocycles. The molecule has 0 saturated heterocycles. The Labute approximate surface area is 123 Å². The number of rotatable bonds is 7. The first-order valence-corrected chi connectivity index (χ1v) is 9.58. The summed E-state index contributed by atoms with van der Waals surface area (Å²) < 4.78 is 37.9. The molecule has 0 aliphatic rings. The van der Waals surface area contributed by atoms with Crippen molar-refractivity contribution in [3.63, 3.8) is 0 Å². The molecule has 5 nitrogen and oxygen atoms in total. The quantitative estimate of drug-likeness (QED) is 0.741. The summed E-state index contributed by atoms with van der Waals surface area (Å²) in [4.78, 5) is 0.164. The van der Waals surface area contributed by atoms with Gasteiger partial charge in [-0.25, -0.2) is 13.1 Å². The van der Waals surface area contributed by atoms with E-state index in [0.29, 0.717) is 12.1 Å². The predicted molar refractivity (Wildman–Crippen MR) is 83.6 cm³/mol. The van der Waals surface area contributed by atoms with Crippen molar-refractivity contribution in [3.05, 3.63) is 23.8 Å².